The van der Waals surface area contributed by atoms with Crippen LogP contribution in [-0.2, 0) is 0 Å². The molecule has 0 atom stereocenters. The number of hydrogen-bond donors (Lipinski definition) is 3. The van der Waals surface area contributed by atoms with E-state index in [-0.39, 0.29) is 11.9 Å². The molecule has 1 fully saturated rings. The molecule has 104 valence electrons. The van der Waals surface area contributed by atoms with Gasteiger partial charge in [0.25, 0.3) is 5.91 Å². The fourth-order valence-electron chi connectivity index (χ4n) is 2.49. The number of nitrogens with zero attached hydrogens (tertiary/aromatic N) is 2. The number of carbonyl (C=O) groups excluding carboxylic acids is 1. The molecule has 0 bridgehead atoms. The maximum absolute atomic E-state index is 12.0. The minimum absolute atomic E-state index is 0.156. The summed E-state index contributed by atoms with van der Waals surface area (Å²) in [7, 11) is 0. The Morgan fingerprint density at radius 1 is 1.32 bits per heavy atom. The van der Waals surface area contributed by atoms with Gasteiger partial charge in [-0.2, -0.15) is 0 Å². The molecular formula is C13H21N5O. The molecular weight excluding hydrogens is 242 g/mol. The fraction of sp³-hybridized carbons (Fsp3) is 0.615. The molecule has 0 aromatic carbocycles. The summed E-state index contributed by atoms with van der Waals surface area (Å²) in [5.41, 5.74) is 2.71. The molecule has 2 rings (SSSR count). The van der Waals surface area contributed by atoms with E-state index in [4.69, 9.17) is 5.84 Å². The molecule has 6 heteroatoms. The Morgan fingerprint density at radius 2 is 2.05 bits per heavy atom. The van der Waals surface area contributed by atoms with E-state index in [1.54, 1.807) is 0 Å². The van der Waals surface area contributed by atoms with Gasteiger partial charge in [-0.25, -0.2) is 15.8 Å². The molecule has 4 N–H and O–H groups in total. The molecule has 1 amide bonds. The first-order valence-corrected chi connectivity index (χ1v) is 6.82. The molecule has 1 heterocycles. The van der Waals surface area contributed by atoms with Gasteiger partial charge in [-0.15, -0.1) is 0 Å². The third-order valence-corrected chi connectivity index (χ3v) is 3.79. The standard InChI is InChI=1S/C13H21N5O/c1-2-9-3-5-10(6-4-9)17-13(19)11-7-16-12(18-14)8-15-11/h7-10H,2-6,14H2,1H3,(H,16,18)(H,17,19). The molecule has 0 radical (unpaired) electrons. The molecule has 1 aliphatic carbocycles. The lowest BCUT2D eigenvalue weighted by Crippen LogP contribution is -2.38. The van der Waals surface area contributed by atoms with Crippen LogP contribution in [0.2, 0.25) is 0 Å². The average Bonchev–Trinajstić information content (AvgIpc) is 2.48. The Labute approximate surface area is 113 Å². The van der Waals surface area contributed by atoms with Crippen molar-refractivity contribution in [1.29, 1.82) is 0 Å². The van der Waals surface area contributed by atoms with E-state index in [9.17, 15) is 4.79 Å². The molecule has 1 saturated carbocycles. The lowest BCUT2D eigenvalue weighted by molar-refractivity contribution is 0.0916. The second kappa shape index (κ2) is 6.47. The van der Waals surface area contributed by atoms with Crippen molar-refractivity contribution in [3.8, 4) is 0 Å². The van der Waals surface area contributed by atoms with Gasteiger partial charge in [-0.3, -0.25) is 4.79 Å². The van der Waals surface area contributed by atoms with E-state index in [1.807, 2.05) is 0 Å². The highest BCUT2D eigenvalue weighted by Crippen LogP contribution is 2.26. The van der Waals surface area contributed by atoms with Crippen LogP contribution in [0.15, 0.2) is 12.4 Å². The Morgan fingerprint density at radius 3 is 2.58 bits per heavy atom. The lowest BCUT2D eigenvalue weighted by atomic mass is 9.84. The van der Waals surface area contributed by atoms with Crippen LogP contribution >= 0.6 is 0 Å². The number of amides is 1. The van der Waals surface area contributed by atoms with Crippen LogP contribution in [0.3, 0.4) is 0 Å². The van der Waals surface area contributed by atoms with Crippen LogP contribution in [-0.4, -0.2) is 21.9 Å². The molecule has 0 aliphatic heterocycles. The molecule has 0 spiro atoms. The first kappa shape index (κ1) is 13.7. The van der Waals surface area contributed by atoms with Crippen LogP contribution in [0.25, 0.3) is 0 Å². The topological polar surface area (TPSA) is 92.9 Å². The zero-order valence-electron chi connectivity index (χ0n) is 11.2. The number of rotatable bonds is 4. The van der Waals surface area contributed by atoms with Crippen molar-refractivity contribution in [1.82, 2.24) is 15.3 Å². The van der Waals surface area contributed by atoms with Gasteiger partial charge in [0.05, 0.1) is 12.4 Å². The number of carbonyl (C=O) groups is 1. The minimum atomic E-state index is -0.156. The predicted octanol–water partition coefficient (Wildman–Crippen LogP) is 1.46. The van der Waals surface area contributed by atoms with Gasteiger partial charge >= 0.3 is 0 Å². The summed E-state index contributed by atoms with van der Waals surface area (Å²) in [4.78, 5) is 20.0. The van der Waals surface area contributed by atoms with Gasteiger partial charge in [0.2, 0.25) is 0 Å². The molecule has 0 saturated heterocycles. The second-order valence-electron chi connectivity index (χ2n) is 5.03. The molecule has 1 aromatic heterocycles. The summed E-state index contributed by atoms with van der Waals surface area (Å²) in [6.45, 7) is 2.23. The van der Waals surface area contributed by atoms with Gasteiger partial charge in [-0.05, 0) is 31.6 Å². The van der Waals surface area contributed by atoms with Gasteiger partial charge in [0, 0.05) is 6.04 Å². The first-order chi connectivity index (χ1) is 9.22. The van der Waals surface area contributed by atoms with E-state index in [2.05, 4.69) is 27.6 Å². The normalized spacial score (nSPS) is 22.8. The first-order valence-electron chi connectivity index (χ1n) is 6.82. The Balaban J connectivity index is 1.87. The fourth-order valence-corrected chi connectivity index (χ4v) is 2.49. The highest BCUT2D eigenvalue weighted by atomic mass is 16.1. The number of nitrogens with two attached hydrogens (primary N) is 1. The zero-order chi connectivity index (χ0) is 13.7. The maximum atomic E-state index is 12.0. The van der Waals surface area contributed by atoms with Crippen LogP contribution in [0.5, 0.6) is 0 Å². The van der Waals surface area contributed by atoms with Gasteiger partial charge in [0.15, 0.2) is 5.82 Å². The van der Waals surface area contributed by atoms with Crippen LogP contribution < -0.4 is 16.6 Å². The number of nitrogen functional groups attached to an aromatic ring is 1. The van der Waals surface area contributed by atoms with E-state index < -0.39 is 0 Å². The van der Waals surface area contributed by atoms with Crippen molar-refractivity contribution in [3.63, 3.8) is 0 Å². The molecule has 1 aromatic rings. The van der Waals surface area contributed by atoms with E-state index in [1.165, 1.54) is 31.7 Å². The van der Waals surface area contributed by atoms with Crippen LogP contribution in [0.4, 0.5) is 5.82 Å². The van der Waals surface area contributed by atoms with Crippen molar-refractivity contribution < 1.29 is 4.79 Å². The van der Waals surface area contributed by atoms with Crippen molar-refractivity contribution in [3.05, 3.63) is 18.1 Å². The summed E-state index contributed by atoms with van der Waals surface area (Å²) in [6.07, 6.45) is 8.62. The zero-order valence-corrected chi connectivity index (χ0v) is 11.2. The molecule has 6 nitrogen and oxygen atoms in total. The number of anilines is 1. The van der Waals surface area contributed by atoms with Gasteiger partial charge in [-0.1, -0.05) is 13.3 Å². The van der Waals surface area contributed by atoms with Crippen molar-refractivity contribution in [2.45, 2.75) is 45.1 Å². The minimum Gasteiger partial charge on any atom is -0.348 e. The van der Waals surface area contributed by atoms with Crippen molar-refractivity contribution >= 4 is 11.7 Å². The summed E-state index contributed by atoms with van der Waals surface area (Å²) < 4.78 is 0. The number of nitrogens with one attached hydrogen (secondary N) is 2. The van der Waals surface area contributed by atoms with Crippen molar-refractivity contribution in [2.75, 3.05) is 5.43 Å². The molecule has 0 unspecified atom stereocenters. The second-order valence-corrected chi connectivity index (χ2v) is 5.03. The number of hydrazine groups is 1. The van der Waals surface area contributed by atoms with Crippen molar-refractivity contribution in [2.24, 2.45) is 11.8 Å². The van der Waals surface area contributed by atoms with E-state index >= 15 is 0 Å². The molecule has 1 aliphatic rings. The molecule has 19 heavy (non-hydrogen) atoms. The quantitative estimate of drug-likeness (QED) is 0.565. The Kier molecular flexibility index (Phi) is 4.68. The smallest absolute Gasteiger partial charge is 0.271 e. The summed E-state index contributed by atoms with van der Waals surface area (Å²) in [5.74, 6) is 6.31. The summed E-state index contributed by atoms with van der Waals surface area (Å²) in [5, 5.41) is 3.02. The SMILES string of the molecule is CCC1CCC(NC(=O)c2cnc(NN)cn2)CC1. The number of aromatic nitrogens is 2. The highest BCUT2D eigenvalue weighted by Gasteiger charge is 2.22. The summed E-state index contributed by atoms with van der Waals surface area (Å²) >= 11 is 0. The van der Waals surface area contributed by atoms with Crippen LogP contribution in [0.1, 0.15) is 49.5 Å². The van der Waals surface area contributed by atoms with E-state index in [0.29, 0.717) is 11.5 Å². The Hall–Kier alpha value is -1.69. The maximum Gasteiger partial charge on any atom is 0.271 e. The number of hydrogen-bond acceptors (Lipinski definition) is 5. The summed E-state index contributed by atoms with van der Waals surface area (Å²) in [6, 6.07) is 0.268. The average molecular weight is 263 g/mol. The van der Waals surface area contributed by atoms with Gasteiger partial charge in [0.1, 0.15) is 5.69 Å². The van der Waals surface area contributed by atoms with Crippen LogP contribution in [0, 0.1) is 5.92 Å². The van der Waals surface area contributed by atoms with E-state index in [0.717, 1.165) is 18.8 Å². The van der Waals surface area contributed by atoms with Gasteiger partial charge < -0.3 is 10.7 Å². The monoisotopic (exact) mass is 263 g/mol. The predicted molar refractivity (Wildman–Crippen MR) is 73.3 cm³/mol. The third-order valence-electron chi connectivity index (χ3n) is 3.79. The highest BCUT2D eigenvalue weighted by molar-refractivity contribution is 5.92. The lowest BCUT2D eigenvalue weighted by Gasteiger charge is -2.28. The largest absolute Gasteiger partial charge is 0.348 e. The Bertz CT molecular complexity index is 412. The third kappa shape index (κ3) is 3.64.